The van der Waals surface area contributed by atoms with Crippen molar-refractivity contribution in [1.82, 2.24) is 15.5 Å². The van der Waals surface area contributed by atoms with Crippen molar-refractivity contribution in [2.24, 2.45) is 0 Å². The fourth-order valence-corrected chi connectivity index (χ4v) is 1.86. The molecule has 1 N–H and O–H groups in total. The van der Waals surface area contributed by atoms with Crippen molar-refractivity contribution in [3.8, 4) is 23.0 Å². The van der Waals surface area contributed by atoms with Gasteiger partial charge in [-0.15, -0.1) is 10.2 Å². The molecule has 0 aliphatic carbocycles. The van der Waals surface area contributed by atoms with E-state index in [0.717, 1.165) is 17.9 Å². The van der Waals surface area contributed by atoms with Crippen molar-refractivity contribution in [3.63, 3.8) is 0 Å². The van der Waals surface area contributed by atoms with Gasteiger partial charge in [0.15, 0.2) is 11.5 Å². The largest absolute Gasteiger partial charge is 0.490 e. The third kappa shape index (κ3) is 3.95. The van der Waals surface area contributed by atoms with Crippen molar-refractivity contribution in [1.29, 1.82) is 0 Å². The van der Waals surface area contributed by atoms with Crippen LogP contribution in [0.3, 0.4) is 0 Å². The maximum atomic E-state index is 5.62. The zero-order chi connectivity index (χ0) is 15.1. The molecule has 0 atom stereocenters. The Hall–Kier alpha value is -2.08. The van der Waals surface area contributed by atoms with Gasteiger partial charge in [-0.25, -0.2) is 0 Å². The van der Waals surface area contributed by atoms with Gasteiger partial charge in [0.2, 0.25) is 11.8 Å². The first-order valence-corrected chi connectivity index (χ1v) is 7.21. The number of hydrogen-bond donors (Lipinski definition) is 1. The topological polar surface area (TPSA) is 69.4 Å². The first-order valence-electron chi connectivity index (χ1n) is 7.21. The zero-order valence-corrected chi connectivity index (χ0v) is 12.7. The second-order valence-electron chi connectivity index (χ2n) is 4.31. The molecule has 0 saturated carbocycles. The van der Waals surface area contributed by atoms with Gasteiger partial charge in [0.25, 0.3) is 0 Å². The molecule has 0 aliphatic heterocycles. The molecular formula is C15H21N3O3. The molecule has 0 saturated heterocycles. The van der Waals surface area contributed by atoms with Gasteiger partial charge in [-0.3, -0.25) is 0 Å². The van der Waals surface area contributed by atoms with Crippen molar-refractivity contribution in [2.75, 3.05) is 19.8 Å². The third-order valence-electron chi connectivity index (χ3n) is 2.78. The molecule has 0 aliphatic rings. The van der Waals surface area contributed by atoms with Crippen LogP contribution in [0.5, 0.6) is 11.5 Å². The minimum atomic E-state index is 0.479. The number of rotatable bonds is 8. The number of hydrogen-bond acceptors (Lipinski definition) is 6. The fourth-order valence-electron chi connectivity index (χ4n) is 1.86. The number of benzene rings is 1. The maximum Gasteiger partial charge on any atom is 0.247 e. The summed E-state index contributed by atoms with van der Waals surface area (Å²) in [5.74, 6) is 2.45. The monoisotopic (exact) mass is 291 g/mol. The summed E-state index contributed by atoms with van der Waals surface area (Å²) in [5.41, 5.74) is 0.817. The quantitative estimate of drug-likeness (QED) is 0.806. The predicted molar refractivity (Wildman–Crippen MR) is 79.5 cm³/mol. The summed E-state index contributed by atoms with van der Waals surface area (Å²) in [5, 5.41) is 11.2. The van der Waals surface area contributed by atoms with E-state index in [9.17, 15) is 0 Å². The smallest absolute Gasteiger partial charge is 0.247 e. The van der Waals surface area contributed by atoms with Crippen LogP contribution in [0, 0.1) is 0 Å². The van der Waals surface area contributed by atoms with E-state index < -0.39 is 0 Å². The zero-order valence-electron chi connectivity index (χ0n) is 12.7. The Balaban J connectivity index is 2.22. The second-order valence-corrected chi connectivity index (χ2v) is 4.31. The normalized spacial score (nSPS) is 10.6. The van der Waals surface area contributed by atoms with Gasteiger partial charge in [0.1, 0.15) is 0 Å². The molecule has 1 aromatic heterocycles. The van der Waals surface area contributed by atoms with Crippen LogP contribution in [0.4, 0.5) is 0 Å². The van der Waals surface area contributed by atoms with E-state index in [4.69, 9.17) is 13.9 Å². The molecule has 0 fully saturated rings. The van der Waals surface area contributed by atoms with Crippen LogP contribution in [0.1, 0.15) is 26.7 Å². The lowest BCUT2D eigenvalue weighted by atomic mass is 10.2. The molecule has 2 aromatic rings. The Morgan fingerprint density at radius 1 is 1.05 bits per heavy atom. The Morgan fingerprint density at radius 3 is 2.52 bits per heavy atom. The first kappa shape index (κ1) is 15.3. The van der Waals surface area contributed by atoms with Gasteiger partial charge in [0.05, 0.1) is 19.8 Å². The van der Waals surface area contributed by atoms with Gasteiger partial charge in [0, 0.05) is 5.56 Å². The highest BCUT2D eigenvalue weighted by Gasteiger charge is 2.12. The fraction of sp³-hybridized carbons (Fsp3) is 0.467. The van der Waals surface area contributed by atoms with Crippen LogP contribution in [-0.2, 0) is 6.54 Å². The van der Waals surface area contributed by atoms with E-state index in [0.29, 0.717) is 37.3 Å². The number of aromatic nitrogens is 2. The minimum absolute atomic E-state index is 0.479. The maximum absolute atomic E-state index is 5.62. The van der Waals surface area contributed by atoms with Gasteiger partial charge in [-0.1, -0.05) is 6.92 Å². The lowest BCUT2D eigenvalue weighted by molar-refractivity contribution is 0.288. The highest BCUT2D eigenvalue weighted by atomic mass is 16.5. The molecule has 1 aromatic carbocycles. The summed E-state index contributed by atoms with van der Waals surface area (Å²) in [6.45, 7) is 8.48. The number of ether oxygens (including phenoxy) is 2. The Kier molecular flexibility index (Phi) is 5.57. The molecule has 0 amide bonds. The lowest BCUT2D eigenvalue weighted by Gasteiger charge is -2.11. The first-order chi connectivity index (χ1) is 10.3. The van der Waals surface area contributed by atoms with Gasteiger partial charge in [-0.2, -0.15) is 0 Å². The molecule has 21 heavy (non-hydrogen) atoms. The average molecular weight is 291 g/mol. The highest BCUT2D eigenvalue weighted by Crippen LogP contribution is 2.32. The van der Waals surface area contributed by atoms with Crippen molar-refractivity contribution in [2.45, 2.75) is 27.3 Å². The summed E-state index contributed by atoms with van der Waals surface area (Å²) in [6, 6.07) is 5.61. The standard InChI is InChI=1S/C15H21N3O3/c1-4-16-10-14-17-18-15(21-14)11-7-8-12(19-5-2)13(9-11)20-6-3/h7-9,16H,4-6,10H2,1-3H3. The summed E-state index contributed by atoms with van der Waals surface area (Å²) in [4.78, 5) is 0. The second kappa shape index (κ2) is 7.64. The van der Waals surface area contributed by atoms with Crippen molar-refractivity contribution < 1.29 is 13.9 Å². The van der Waals surface area contributed by atoms with Crippen molar-refractivity contribution in [3.05, 3.63) is 24.1 Å². The molecule has 1 heterocycles. The van der Waals surface area contributed by atoms with Crippen LogP contribution in [0.2, 0.25) is 0 Å². The van der Waals surface area contributed by atoms with Gasteiger partial charge < -0.3 is 19.2 Å². The van der Waals surface area contributed by atoms with E-state index in [2.05, 4.69) is 15.5 Å². The predicted octanol–water partition coefficient (Wildman–Crippen LogP) is 2.64. The van der Waals surface area contributed by atoms with E-state index in [-0.39, 0.29) is 0 Å². The van der Waals surface area contributed by atoms with E-state index >= 15 is 0 Å². The van der Waals surface area contributed by atoms with Crippen LogP contribution in [0.15, 0.2) is 22.6 Å². The molecule has 0 radical (unpaired) electrons. The molecule has 2 rings (SSSR count). The third-order valence-corrected chi connectivity index (χ3v) is 2.78. The summed E-state index contributed by atoms with van der Waals surface area (Å²) in [6.07, 6.45) is 0. The Bertz CT molecular complexity index is 569. The van der Waals surface area contributed by atoms with Crippen LogP contribution < -0.4 is 14.8 Å². The molecule has 0 bridgehead atoms. The molecule has 0 spiro atoms. The van der Waals surface area contributed by atoms with Gasteiger partial charge in [-0.05, 0) is 38.6 Å². The molecule has 6 heteroatoms. The molecule has 6 nitrogen and oxygen atoms in total. The highest BCUT2D eigenvalue weighted by molar-refractivity contribution is 5.59. The van der Waals surface area contributed by atoms with Crippen LogP contribution >= 0.6 is 0 Å². The molecular weight excluding hydrogens is 270 g/mol. The lowest BCUT2D eigenvalue weighted by Crippen LogP contribution is -2.11. The van der Waals surface area contributed by atoms with Gasteiger partial charge >= 0.3 is 0 Å². The van der Waals surface area contributed by atoms with E-state index in [1.807, 2.05) is 39.0 Å². The molecule has 0 unspecified atom stereocenters. The number of nitrogens with one attached hydrogen (secondary N) is 1. The minimum Gasteiger partial charge on any atom is -0.490 e. The van der Waals surface area contributed by atoms with Crippen LogP contribution in [-0.4, -0.2) is 30.0 Å². The number of nitrogens with zero attached hydrogens (tertiary/aromatic N) is 2. The summed E-state index contributed by atoms with van der Waals surface area (Å²) >= 11 is 0. The van der Waals surface area contributed by atoms with Crippen LogP contribution in [0.25, 0.3) is 11.5 Å². The van der Waals surface area contributed by atoms with E-state index in [1.54, 1.807) is 0 Å². The Labute approximate surface area is 124 Å². The molecule has 114 valence electrons. The summed E-state index contributed by atoms with van der Waals surface area (Å²) in [7, 11) is 0. The van der Waals surface area contributed by atoms with Crippen molar-refractivity contribution >= 4 is 0 Å². The Morgan fingerprint density at radius 2 is 1.81 bits per heavy atom. The summed E-state index contributed by atoms with van der Waals surface area (Å²) < 4.78 is 16.8. The van der Waals surface area contributed by atoms with E-state index in [1.165, 1.54) is 0 Å². The average Bonchev–Trinajstić information content (AvgIpc) is 2.96. The SMILES string of the molecule is CCNCc1nnc(-c2ccc(OCC)c(OCC)c2)o1.